The molecule has 5 nitrogen and oxygen atoms in total. The zero-order chi connectivity index (χ0) is 13.2. The molecule has 2 fully saturated rings. The van der Waals surface area contributed by atoms with E-state index in [1.807, 2.05) is 4.90 Å². The Labute approximate surface area is 109 Å². The zero-order valence-corrected chi connectivity index (χ0v) is 11.2. The van der Waals surface area contributed by atoms with Crippen LogP contribution in [0.4, 0.5) is 4.79 Å². The first-order chi connectivity index (χ1) is 8.53. The summed E-state index contributed by atoms with van der Waals surface area (Å²) < 4.78 is 0. The van der Waals surface area contributed by atoms with Crippen LogP contribution in [0.3, 0.4) is 0 Å². The lowest BCUT2D eigenvalue weighted by Gasteiger charge is -2.40. The third-order valence-corrected chi connectivity index (χ3v) is 4.38. The number of nitrogens with one attached hydrogen (secondary N) is 2. The molecule has 1 saturated heterocycles. The quantitative estimate of drug-likeness (QED) is 0.516. The van der Waals surface area contributed by atoms with Crippen molar-refractivity contribution in [2.45, 2.75) is 51.0 Å². The first-order valence-corrected chi connectivity index (χ1v) is 6.95. The Balaban J connectivity index is 2.01. The van der Waals surface area contributed by atoms with E-state index in [1.165, 1.54) is 0 Å². The predicted octanol–water partition coefficient (Wildman–Crippen LogP) is 1.68. The van der Waals surface area contributed by atoms with Gasteiger partial charge >= 0.3 is 6.03 Å². The van der Waals surface area contributed by atoms with E-state index >= 15 is 0 Å². The molecule has 2 amide bonds. The van der Waals surface area contributed by atoms with Crippen molar-refractivity contribution >= 4 is 11.9 Å². The van der Waals surface area contributed by atoms with Crippen LogP contribution < -0.4 is 11.1 Å². The van der Waals surface area contributed by atoms with Gasteiger partial charge in [0.2, 0.25) is 0 Å². The summed E-state index contributed by atoms with van der Waals surface area (Å²) in [5.74, 6) is 0.781. The third-order valence-electron chi connectivity index (χ3n) is 4.38. The average molecular weight is 252 g/mol. The molecule has 1 aliphatic carbocycles. The minimum atomic E-state index is -0.591. The van der Waals surface area contributed by atoms with Crippen LogP contribution in [-0.4, -0.2) is 35.4 Å². The molecule has 0 aromatic rings. The van der Waals surface area contributed by atoms with Crippen LogP contribution in [0, 0.1) is 11.3 Å². The van der Waals surface area contributed by atoms with E-state index < -0.39 is 5.54 Å². The molecule has 0 spiro atoms. The molecule has 0 unspecified atom stereocenters. The number of urea groups is 1. The molecule has 2 rings (SSSR count). The molecule has 1 saturated carbocycles. The molecule has 0 radical (unpaired) electrons. The molecule has 0 aromatic heterocycles. The lowest BCUT2D eigenvalue weighted by Crippen LogP contribution is -2.61. The summed E-state index contributed by atoms with van der Waals surface area (Å²) in [5.41, 5.74) is 5.15. The standard InChI is InChI=1S/C13H24N4O/c1-10-4-6-13(7-5-10,11(14)15)16-12(18)17-8-2-3-9-17/h10H,2-9H2,1H3,(H3,14,15)(H,16,18). The Kier molecular flexibility index (Phi) is 3.78. The summed E-state index contributed by atoms with van der Waals surface area (Å²) >= 11 is 0. The maximum absolute atomic E-state index is 12.2. The predicted molar refractivity (Wildman–Crippen MR) is 71.6 cm³/mol. The highest BCUT2D eigenvalue weighted by molar-refractivity contribution is 5.92. The number of likely N-dealkylation sites (tertiary alicyclic amines) is 1. The van der Waals surface area contributed by atoms with Gasteiger partial charge in [0, 0.05) is 13.1 Å². The van der Waals surface area contributed by atoms with Gasteiger partial charge in [0.05, 0.1) is 5.54 Å². The fourth-order valence-electron chi connectivity index (χ4n) is 2.92. The average Bonchev–Trinajstić information content (AvgIpc) is 2.85. The van der Waals surface area contributed by atoms with Crippen LogP contribution in [0.2, 0.25) is 0 Å². The second kappa shape index (κ2) is 5.16. The van der Waals surface area contributed by atoms with Gasteiger partial charge in [-0.2, -0.15) is 0 Å². The van der Waals surface area contributed by atoms with Gasteiger partial charge in [-0.25, -0.2) is 4.79 Å². The van der Waals surface area contributed by atoms with Crippen LogP contribution in [0.5, 0.6) is 0 Å². The van der Waals surface area contributed by atoms with Crippen molar-refractivity contribution < 1.29 is 4.79 Å². The SMILES string of the molecule is CC1CCC(NC(=O)N2CCCC2)(C(=N)N)CC1. The van der Waals surface area contributed by atoms with E-state index in [4.69, 9.17) is 11.1 Å². The molecule has 102 valence electrons. The highest BCUT2D eigenvalue weighted by Gasteiger charge is 2.39. The van der Waals surface area contributed by atoms with Crippen molar-refractivity contribution in [1.29, 1.82) is 5.41 Å². The molecule has 4 N–H and O–H groups in total. The van der Waals surface area contributed by atoms with E-state index in [0.717, 1.165) is 51.6 Å². The highest BCUT2D eigenvalue weighted by atomic mass is 16.2. The third kappa shape index (κ3) is 2.60. The molecular weight excluding hydrogens is 228 g/mol. The number of nitrogens with zero attached hydrogens (tertiary/aromatic N) is 1. The fraction of sp³-hybridized carbons (Fsp3) is 0.846. The first kappa shape index (κ1) is 13.2. The molecule has 0 aromatic carbocycles. The van der Waals surface area contributed by atoms with Crippen LogP contribution in [0.15, 0.2) is 0 Å². The van der Waals surface area contributed by atoms with Crippen molar-refractivity contribution in [3.8, 4) is 0 Å². The van der Waals surface area contributed by atoms with Crippen molar-refractivity contribution in [2.24, 2.45) is 11.7 Å². The Bertz CT molecular complexity index is 328. The van der Waals surface area contributed by atoms with Gasteiger partial charge in [0.25, 0.3) is 0 Å². The first-order valence-electron chi connectivity index (χ1n) is 6.95. The largest absolute Gasteiger partial charge is 0.386 e. The number of carbonyl (C=O) groups is 1. The van der Waals surface area contributed by atoms with E-state index in [9.17, 15) is 4.79 Å². The smallest absolute Gasteiger partial charge is 0.318 e. The highest BCUT2D eigenvalue weighted by Crippen LogP contribution is 2.32. The molecule has 18 heavy (non-hydrogen) atoms. The number of nitrogens with two attached hydrogens (primary N) is 1. The zero-order valence-electron chi connectivity index (χ0n) is 11.2. The fourth-order valence-corrected chi connectivity index (χ4v) is 2.92. The Morgan fingerprint density at radius 1 is 1.33 bits per heavy atom. The number of amides is 2. The van der Waals surface area contributed by atoms with Gasteiger partial charge in [-0.15, -0.1) is 0 Å². The second-order valence-electron chi connectivity index (χ2n) is 5.80. The molecule has 5 heteroatoms. The van der Waals surface area contributed by atoms with E-state index in [2.05, 4.69) is 12.2 Å². The minimum Gasteiger partial charge on any atom is -0.386 e. The maximum Gasteiger partial charge on any atom is 0.318 e. The molecule has 0 bridgehead atoms. The van der Waals surface area contributed by atoms with Gasteiger partial charge in [0.1, 0.15) is 5.84 Å². The van der Waals surface area contributed by atoms with Crippen molar-refractivity contribution in [1.82, 2.24) is 10.2 Å². The van der Waals surface area contributed by atoms with Gasteiger partial charge in [-0.05, 0) is 44.4 Å². The van der Waals surface area contributed by atoms with E-state index in [0.29, 0.717) is 5.92 Å². The second-order valence-corrected chi connectivity index (χ2v) is 5.80. The Morgan fingerprint density at radius 2 is 1.89 bits per heavy atom. The van der Waals surface area contributed by atoms with Crippen LogP contribution >= 0.6 is 0 Å². The Hall–Kier alpha value is -1.26. The summed E-state index contributed by atoms with van der Waals surface area (Å²) in [5, 5.41) is 10.8. The molecule has 1 aliphatic heterocycles. The number of hydrogen-bond donors (Lipinski definition) is 3. The van der Waals surface area contributed by atoms with Crippen molar-refractivity contribution in [3.05, 3.63) is 0 Å². The van der Waals surface area contributed by atoms with E-state index in [1.54, 1.807) is 0 Å². The molecule has 0 atom stereocenters. The maximum atomic E-state index is 12.2. The van der Waals surface area contributed by atoms with Gasteiger partial charge < -0.3 is 16.0 Å². The minimum absolute atomic E-state index is 0.0442. The monoisotopic (exact) mass is 252 g/mol. The van der Waals surface area contributed by atoms with Gasteiger partial charge in [-0.3, -0.25) is 5.41 Å². The van der Waals surface area contributed by atoms with Crippen LogP contribution in [0.25, 0.3) is 0 Å². The number of rotatable bonds is 2. The Morgan fingerprint density at radius 3 is 2.39 bits per heavy atom. The van der Waals surface area contributed by atoms with Crippen molar-refractivity contribution in [2.75, 3.05) is 13.1 Å². The van der Waals surface area contributed by atoms with Crippen molar-refractivity contribution in [3.63, 3.8) is 0 Å². The number of hydrogen-bond acceptors (Lipinski definition) is 2. The lowest BCUT2D eigenvalue weighted by molar-refractivity contribution is 0.187. The van der Waals surface area contributed by atoms with Gasteiger partial charge in [0.15, 0.2) is 0 Å². The summed E-state index contributed by atoms with van der Waals surface area (Å²) in [6, 6.07) is -0.0442. The van der Waals surface area contributed by atoms with E-state index in [-0.39, 0.29) is 11.9 Å². The summed E-state index contributed by atoms with van der Waals surface area (Å²) in [6.07, 6.45) is 5.81. The molecular formula is C13H24N4O. The van der Waals surface area contributed by atoms with Crippen LogP contribution in [-0.2, 0) is 0 Å². The van der Waals surface area contributed by atoms with Gasteiger partial charge in [-0.1, -0.05) is 6.92 Å². The summed E-state index contributed by atoms with van der Waals surface area (Å²) in [6.45, 7) is 3.87. The lowest BCUT2D eigenvalue weighted by atomic mass is 9.76. The number of amidine groups is 1. The molecule has 2 aliphatic rings. The normalized spacial score (nSPS) is 32.3. The molecule has 1 heterocycles. The summed E-state index contributed by atoms with van der Waals surface area (Å²) in [7, 11) is 0. The summed E-state index contributed by atoms with van der Waals surface area (Å²) in [4.78, 5) is 14.0. The topological polar surface area (TPSA) is 82.2 Å². The van der Waals surface area contributed by atoms with Crippen LogP contribution in [0.1, 0.15) is 45.4 Å². The number of carbonyl (C=O) groups excluding carboxylic acids is 1.